The molecule has 0 atom stereocenters. The van der Waals surface area contributed by atoms with Crippen molar-refractivity contribution in [3.8, 4) is 12.3 Å². The van der Waals surface area contributed by atoms with Crippen LogP contribution in [0.15, 0.2) is 16.5 Å². The molecule has 3 nitrogen and oxygen atoms in total. The molecule has 2 aromatic rings. The molecule has 4 heteroatoms. The fraction of sp³-hybridized carbons (Fsp3) is 0.333. The van der Waals surface area contributed by atoms with Gasteiger partial charge in [0.15, 0.2) is 0 Å². The number of aromatic nitrogens is 2. The summed E-state index contributed by atoms with van der Waals surface area (Å²) in [5.74, 6) is 2.57. The summed E-state index contributed by atoms with van der Waals surface area (Å²) in [5, 5.41) is 1.96. The Morgan fingerprint density at radius 3 is 3.19 bits per heavy atom. The molecule has 0 N–H and O–H groups in total. The highest BCUT2D eigenvalue weighted by molar-refractivity contribution is 7.17. The minimum absolute atomic E-state index is 0.0418. The van der Waals surface area contributed by atoms with Crippen LogP contribution in [0.1, 0.15) is 18.4 Å². The van der Waals surface area contributed by atoms with Crippen LogP contribution in [0.5, 0.6) is 0 Å². The molecular formula is C12H12N2OS. The average Bonchev–Trinajstić information content (AvgIpc) is 2.65. The molecule has 0 radical (unpaired) electrons. The van der Waals surface area contributed by atoms with Gasteiger partial charge in [-0.15, -0.1) is 23.7 Å². The minimum atomic E-state index is 0.0418. The fourth-order valence-electron chi connectivity index (χ4n) is 1.57. The van der Waals surface area contributed by atoms with Gasteiger partial charge in [0.05, 0.1) is 11.8 Å². The quantitative estimate of drug-likeness (QED) is 0.600. The molecule has 2 heterocycles. The van der Waals surface area contributed by atoms with Crippen LogP contribution in [-0.4, -0.2) is 9.55 Å². The summed E-state index contributed by atoms with van der Waals surface area (Å²) in [5.41, 5.74) is 1.93. The normalized spacial score (nSPS) is 10.5. The third-order valence-corrected chi connectivity index (χ3v) is 3.52. The van der Waals surface area contributed by atoms with Gasteiger partial charge in [0.25, 0.3) is 5.56 Å². The first-order valence-corrected chi connectivity index (χ1v) is 5.98. The van der Waals surface area contributed by atoms with Gasteiger partial charge in [-0.1, -0.05) is 0 Å². The van der Waals surface area contributed by atoms with E-state index >= 15 is 0 Å². The zero-order chi connectivity index (χ0) is 11.5. The summed E-state index contributed by atoms with van der Waals surface area (Å²) in [6, 6.07) is 0. The zero-order valence-electron chi connectivity index (χ0n) is 9.06. The van der Waals surface area contributed by atoms with E-state index in [4.69, 9.17) is 6.42 Å². The van der Waals surface area contributed by atoms with Gasteiger partial charge in [0.1, 0.15) is 4.70 Å². The number of hydrogen-bond acceptors (Lipinski definition) is 3. The van der Waals surface area contributed by atoms with Gasteiger partial charge in [0.2, 0.25) is 0 Å². The predicted octanol–water partition coefficient (Wildman–Crippen LogP) is 2.18. The van der Waals surface area contributed by atoms with E-state index in [9.17, 15) is 4.79 Å². The molecule has 16 heavy (non-hydrogen) atoms. The lowest BCUT2D eigenvalue weighted by Crippen LogP contribution is -2.19. The molecule has 0 aliphatic carbocycles. The van der Waals surface area contributed by atoms with Crippen molar-refractivity contribution in [2.75, 3.05) is 0 Å². The Labute approximate surface area is 97.8 Å². The van der Waals surface area contributed by atoms with Crippen LogP contribution in [0, 0.1) is 19.3 Å². The largest absolute Gasteiger partial charge is 0.298 e. The van der Waals surface area contributed by atoms with E-state index in [2.05, 4.69) is 10.9 Å². The molecular weight excluding hydrogens is 220 g/mol. The van der Waals surface area contributed by atoms with Gasteiger partial charge < -0.3 is 0 Å². The number of thiophene rings is 1. The third-order valence-electron chi connectivity index (χ3n) is 2.44. The van der Waals surface area contributed by atoms with Crippen molar-refractivity contribution in [3.63, 3.8) is 0 Å². The first kappa shape index (κ1) is 10.9. The lowest BCUT2D eigenvalue weighted by atomic mass is 10.3. The number of fused-ring (bicyclic) bond motifs is 1. The van der Waals surface area contributed by atoms with E-state index < -0.39 is 0 Å². The van der Waals surface area contributed by atoms with Crippen LogP contribution in [0.4, 0.5) is 0 Å². The van der Waals surface area contributed by atoms with Crippen molar-refractivity contribution in [2.24, 2.45) is 0 Å². The first-order chi connectivity index (χ1) is 7.74. The lowest BCUT2D eigenvalue weighted by molar-refractivity contribution is 0.629. The monoisotopic (exact) mass is 232 g/mol. The number of unbranched alkanes of at least 4 members (excludes halogenated alkanes) is 1. The van der Waals surface area contributed by atoms with E-state index in [1.54, 1.807) is 10.9 Å². The highest BCUT2D eigenvalue weighted by Crippen LogP contribution is 2.19. The Balaban J connectivity index is 2.38. The number of hydrogen-bond donors (Lipinski definition) is 0. The Morgan fingerprint density at radius 1 is 1.62 bits per heavy atom. The van der Waals surface area contributed by atoms with Crippen LogP contribution in [-0.2, 0) is 6.54 Å². The summed E-state index contributed by atoms with van der Waals surface area (Å²) >= 11 is 1.46. The molecule has 0 bridgehead atoms. The summed E-state index contributed by atoms with van der Waals surface area (Å²) in [4.78, 5) is 16.3. The molecule has 0 aliphatic heterocycles. The molecule has 0 amide bonds. The Bertz CT molecular complexity index is 603. The van der Waals surface area contributed by atoms with Crippen LogP contribution in [0.2, 0.25) is 0 Å². The summed E-state index contributed by atoms with van der Waals surface area (Å²) in [6.07, 6.45) is 8.29. The van der Waals surface area contributed by atoms with Crippen LogP contribution >= 0.6 is 11.3 Å². The third kappa shape index (κ3) is 1.86. The maximum absolute atomic E-state index is 12.0. The molecule has 0 spiro atoms. The number of terminal acetylenes is 1. The highest BCUT2D eigenvalue weighted by atomic mass is 32.1. The van der Waals surface area contributed by atoms with Gasteiger partial charge in [-0.25, -0.2) is 4.98 Å². The molecule has 0 fully saturated rings. The molecule has 82 valence electrons. The van der Waals surface area contributed by atoms with Crippen molar-refractivity contribution >= 4 is 21.6 Å². The topological polar surface area (TPSA) is 34.9 Å². The molecule has 0 aliphatic rings. The molecule has 2 rings (SSSR count). The first-order valence-electron chi connectivity index (χ1n) is 5.10. The smallest absolute Gasteiger partial charge is 0.271 e. The maximum atomic E-state index is 12.0. The van der Waals surface area contributed by atoms with Gasteiger partial charge in [-0.2, -0.15) is 0 Å². The fourth-order valence-corrected chi connectivity index (χ4v) is 2.52. The van der Waals surface area contributed by atoms with Crippen molar-refractivity contribution < 1.29 is 0 Å². The Morgan fingerprint density at radius 2 is 2.44 bits per heavy atom. The van der Waals surface area contributed by atoms with Crippen LogP contribution in [0.25, 0.3) is 10.2 Å². The summed E-state index contributed by atoms with van der Waals surface area (Å²) in [6.45, 7) is 2.61. The highest BCUT2D eigenvalue weighted by Gasteiger charge is 2.07. The van der Waals surface area contributed by atoms with Gasteiger partial charge in [-0.3, -0.25) is 9.36 Å². The maximum Gasteiger partial charge on any atom is 0.271 e. The Kier molecular flexibility index (Phi) is 3.07. The van der Waals surface area contributed by atoms with Crippen molar-refractivity contribution in [1.82, 2.24) is 9.55 Å². The lowest BCUT2D eigenvalue weighted by Gasteiger charge is -2.02. The van der Waals surface area contributed by atoms with Gasteiger partial charge in [0, 0.05) is 13.0 Å². The second-order valence-electron chi connectivity index (χ2n) is 3.65. The Hall–Kier alpha value is -1.60. The summed E-state index contributed by atoms with van der Waals surface area (Å²) in [7, 11) is 0. The van der Waals surface area contributed by atoms with Crippen molar-refractivity contribution in [3.05, 3.63) is 27.6 Å². The van der Waals surface area contributed by atoms with Gasteiger partial charge in [-0.05, 0) is 24.3 Å². The number of nitrogens with zero attached hydrogens (tertiary/aromatic N) is 2. The molecule has 0 unspecified atom stereocenters. The number of aryl methyl sites for hydroxylation is 2. The molecule has 0 saturated carbocycles. The SMILES string of the molecule is C#CCCCn1cnc2c(C)csc2c1=O. The van der Waals surface area contributed by atoms with E-state index in [1.165, 1.54) is 11.3 Å². The minimum Gasteiger partial charge on any atom is -0.298 e. The average molecular weight is 232 g/mol. The van der Waals surface area contributed by atoms with Crippen LogP contribution < -0.4 is 5.56 Å². The van der Waals surface area contributed by atoms with E-state index in [0.717, 1.165) is 22.2 Å². The van der Waals surface area contributed by atoms with Crippen molar-refractivity contribution in [2.45, 2.75) is 26.3 Å². The molecule has 0 aromatic carbocycles. The molecule has 0 saturated heterocycles. The van der Waals surface area contributed by atoms with Crippen molar-refractivity contribution in [1.29, 1.82) is 0 Å². The molecule has 2 aromatic heterocycles. The standard InChI is InChI=1S/C12H12N2OS/c1-3-4-5-6-14-8-13-10-9(2)7-16-11(10)12(14)15/h1,7-8H,4-6H2,2H3. The predicted molar refractivity (Wildman–Crippen MR) is 66.7 cm³/mol. The second kappa shape index (κ2) is 4.50. The van der Waals surface area contributed by atoms with Crippen LogP contribution in [0.3, 0.4) is 0 Å². The van der Waals surface area contributed by atoms with E-state index in [-0.39, 0.29) is 5.56 Å². The summed E-state index contributed by atoms with van der Waals surface area (Å²) < 4.78 is 2.37. The number of rotatable bonds is 3. The van der Waals surface area contributed by atoms with E-state index in [1.807, 2.05) is 12.3 Å². The second-order valence-corrected chi connectivity index (χ2v) is 4.53. The zero-order valence-corrected chi connectivity index (χ0v) is 9.88. The van der Waals surface area contributed by atoms with E-state index in [0.29, 0.717) is 13.0 Å². The van der Waals surface area contributed by atoms with Gasteiger partial charge >= 0.3 is 0 Å².